The fourth-order valence-corrected chi connectivity index (χ4v) is 6.39. The summed E-state index contributed by atoms with van der Waals surface area (Å²) in [5.74, 6) is 0.536. The molecule has 0 unspecified atom stereocenters. The predicted octanol–water partition coefficient (Wildman–Crippen LogP) is 9.12. The number of carboxylic acids is 1. The fraction of sp³-hybridized carbons (Fsp3) is 0.312. The predicted molar refractivity (Wildman–Crippen MR) is 162 cm³/mol. The van der Waals surface area contributed by atoms with E-state index in [1.807, 2.05) is 12.1 Å². The van der Waals surface area contributed by atoms with Crippen molar-refractivity contribution in [2.45, 2.75) is 62.6 Å². The zero-order chi connectivity index (χ0) is 26.9. The normalized spacial score (nSPS) is 11.2. The van der Waals surface area contributed by atoms with Gasteiger partial charge in [-0.05, 0) is 66.3 Å². The minimum absolute atomic E-state index is 0.306. The first-order valence-corrected chi connectivity index (χ1v) is 15.1. The molecule has 1 heterocycles. The maximum absolute atomic E-state index is 11.0. The van der Waals surface area contributed by atoms with Crippen molar-refractivity contribution in [3.05, 3.63) is 99.9 Å². The van der Waals surface area contributed by atoms with Crippen molar-refractivity contribution >= 4 is 34.8 Å². The Bertz CT molecular complexity index is 1290. The molecule has 0 fully saturated rings. The molecule has 198 valence electrons. The van der Waals surface area contributed by atoms with Crippen molar-refractivity contribution in [3.8, 4) is 11.3 Å². The molecular weight excluding hydrogens is 508 g/mol. The molecule has 4 rings (SSSR count). The summed E-state index contributed by atoms with van der Waals surface area (Å²) < 4.78 is 0. The van der Waals surface area contributed by atoms with Crippen molar-refractivity contribution < 1.29 is 9.90 Å². The highest BCUT2D eigenvalue weighted by molar-refractivity contribution is 7.98. The van der Waals surface area contributed by atoms with Crippen LogP contribution in [0.15, 0.2) is 83.1 Å². The third kappa shape index (κ3) is 7.49. The Morgan fingerprint density at radius 1 is 0.947 bits per heavy atom. The van der Waals surface area contributed by atoms with Crippen LogP contribution >= 0.6 is 23.1 Å². The van der Waals surface area contributed by atoms with Crippen molar-refractivity contribution in [2.75, 3.05) is 11.9 Å². The lowest BCUT2D eigenvalue weighted by molar-refractivity contribution is 0.0697. The zero-order valence-corrected chi connectivity index (χ0v) is 24.0. The van der Waals surface area contributed by atoms with Crippen molar-refractivity contribution in [1.82, 2.24) is 4.98 Å². The van der Waals surface area contributed by atoms with Gasteiger partial charge in [0.25, 0.3) is 0 Å². The van der Waals surface area contributed by atoms with Gasteiger partial charge in [0.15, 0.2) is 0 Å². The van der Waals surface area contributed by atoms with Gasteiger partial charge >= 0.3 is 5.97 Å². The lowest BCUT2D eigenvalue weighted by Crippen LogP contribution is -2.16. The van der Waals surface area contributed by atoms with Crippen LogP contribution in [0.3, 0.4) is 0 Å². The maximum Gasteiger partial charge on any atom is 0.335 e. The first-order valence-electron chi connectivity index (χ1n) is 13.3. The lowest BCUT2D eigenvalue weighted by atomic mass is 9.90. The number of anilines is 1. The molecule has 4 nitrogen and oxygen atoms in total. The van der Waals surface area contributed by atoms with E-state index in [1.165, 1.54) is 42.5 Å². The Morgan fingerprint density at radius 2 is 1.61 bits per heavy atom. The van der Waals surface area contributed by atoms with Crippen LogP contribution in [-0.2, 0) is 12.3 Å². The van der Waals surface area contributed by atoms with E-state index in [2.05, 4.69) is 79.7 Å². The summed E-state index contributed by atoms with van der Waals surface area (Å²) in [5.41, 5.74) is 6.39. The van der Waals surface area contributed by atoms with E-state index in [0.717, 1.165) is 33.5 Å². The van der Waals surface area contributed by atoms with E-state index in [0.29, 0.717) is 11.5 Å². The van der Waals surface area contributed by atoms with E-state index < -0.39 is 5.97 Å². The largest absolute Gasteiger partial charge is 0.478 e. The van der Waals surface area contributed by atoms with Gasteiger partial charge in [0.1, 0.15) is 5.01 Å². The van der Waals surface area contributed by atoms with Crippen molar-refractivity contribution in [1.29, 1.82) is 0 Å². The van der Waals surface area contributed by atoms with Gasteiger partial charge in [0.05, 0.1) is 17.0 Å². The number of hydrogen-bond acceptors (Lipinski definition) is 5. The van der Waals surface area contributed by atoms with Crippen LogP contribution in [0.5, 0.6) is 0 Å². The molecular formula is C32H36N2O2S2. The number of thioether (sulfide) groups is 1. The minimum atomic E-state index is -0.903. The molecule has 0 saturated heterocycles. The van der Waals surface area contributed by atoms with Gasteiger partial charge in [-0.3, -0.25) is 0 Å². The highest BCUT2D eigenvalue weighted by Crippen LogP contribution is 2.30. The molecule has 1 N–H and O–H groups in total. The number of nitrogens with zero attached hydrogens (tertiary/aromatic N) is 2. The van der Waals surface area contributed by atoms with E-state index in [4.69, 9.17) is 10.1 Å². The summed E-state index contributed by atoms with van der Waals surface area (Å²) in [5, 5.41) is 12.2. The number of hydrogen-bond donors (Lipinski definition) is 1. The van der Waals surface area contributed by atoms with Crippen LogP contribution in [-0.4, -0.2) is 23.1 Å². The van der Waals surface area contributed by atoms with Crippen molar-refractivity contribution in [3.63, 3.8) is 0 Å². The highest BCUT2D eigenvalue weighted by Gasteiger charge is 2.11. The smallest absolute Gasteiger partial charge is 0.335 e. The maximum atomic E-state index is 11.0. The fourth-order valence-electron chi connectivity index (χ4n) is 4.67. The molecule has 0 aliphatic carbocycles. The second-order valence-electron chi connectivity index (χ2n) is 9.66. The van der Waals surface area contributed by atoms with Crippen LogP contribution in [0.2, 0.25) is 0 Å². The standard InChI is InChI=1S/C32H36N2O2S2/c1-4-6-24(7-5-2)25-10-8-23(9-11-25)20-34(3)28-16-12-26(13-17-28)30-21-38-31(33-30)22-37-29-18-14-27(15-19-29)32(35)36/h8-19,21,24H,4-7,20,22H2,1-3H3,(H,35,36). The number of carboxylic acid groups (broad SMARTS) is 1. The van der Waals surface area contributed by atoms with Gasteiger partial charge in [-0.2, -0.15) is 0 Å². The average molecular weight is 545 g/mol. The molecule has 0 spiro atoms. The molecule has 0 atom stereocenters. The lowest BCUT2D eigenvalue weighted by Gasteiger charge is -2.21. The molecule has 1 aromatic heterocycles. The molecule has 4 aromatic rings. The zero-order valence-electron chi connectivity index (χ0n) is 22.4. The molecule has 0 radical (unpaired) electrons. The van der Waals surface area contributed by atoms with Gasteiger partial charge in [-0.15, -0.1) is 23.1 Å². The molecule has 0 saturated carbocycles. The first-order chi connectivity index (χ1) is 18.5. The summed E-state index contributed by atoms with van der Waals surface area (Å²) in [6.07, 6.45) is 5.00. The molecule has 3 aromatic carbocycles. The minimum Gasteiger partial charge on any atom is -0.478 e. The molecule has 6 heteroatoms. The Labute approximate surface area is 234 Å². The molecule has 0 amide bonds. The Balaban J connectivity index is 1.33. The van der Waals surface area contributed by atoms with Gasteiger partial charge in [0, 0.05) is 35.1 Å². The summed E-state index contributed by atoms with van der Waals surface area (Å²) in [6.45, 7) is 5.42. The second-order valence-corrected chi connectivity index (χ2v) is 11.7. The van der Waals surface area contributed by atoms with Gasteiger partial charge in [-0.25, -0.2) is 9.78 Å². The van der Waals surface area contributed by atoms with Gasteiger partial charge in [0.2, 0.25) is 0 Å². The number of rotatable bonds is 13. The second kappa shape index (κ2) is 13.6. The monoisotopic (exact) mass is 544 g/mol. The van der Waals surface area contributed by atoms with E-state index in [9.17, 15) is 4.79 Å². The summed E-state index contributed by atoms with van der Waals surface area (Å²) in [6, 6.07) is 24.8. The number of carbonyl (C=O) groups is 1. The third-order valence-corrected chi connectivity index (χ3v) is 8.82. The quantitative estimate of drug-likeness (QED) is 0.170. The Morgan fingerprint density at radius 3 is 2.21 bits per heavy atom. The van der Waals surface area contributed by atoms with Crippen molar-refractivity contribution in [2.24, 2.45) is 0 Å². The Hall–Kier alpha value is -3.09. The molecule has 0 aliphatic rings. The van der Waals surface area contributed by atoms with Gasteiger partial charge < -0.3 is 10.0 Å². The number of benzene rings is 3. The Kier molecular flexibility index (Phi) is 10.0. The van der Waals surface area contributed by atoms with Crippen LogP contribution in [0.4, 0.5) is 5.69 Å². The van der Waals surface area contributed by atoms with E-state index in [-0.39, 0.29) is 0 Å². The summed E-state index contributed by atoms with van der Waals surface area (Å²) in [4.78, 5) is 19.2. The third-order valence-electron chi connectivity index (χ3n) is 6.76. The first kappa shape index (κ1) is 27.9. The number of aromatic nitrogens is 1. The van der Waals surface area contributed by atoms with E-state index in [1.54, 1.807) is 35.2 Å². The van der Waals surface area contributed by atoms with Crippen LogP contribution in [0.1, 0.15) is 71.9 Å². The van der Waals surface area contributed by atoms with E-state index >= 15 is 0 Å². The molecule has 0 bridgehead atoms. The number of aromatic carboxylic acids is 1. The van der Waals surface area contributed by atoms with Crippen LogP contribution in [0, 0.1) is 0 Å². The van der Waals surface area contributed by atoms with Crippen LogP contribution < -0.4 is 4.90 Å². The molecule has 38 heavy (non-hydrogen) atoms. The van der Waals surface area contributed by atoms with Crippen LogP contribution in [0.25, 0.3) is 11.3 Å². The topological polar surface area (TPSA) is 53.4 Å². The SMILES string of the molecule is CCCC(CCC)c1ccc(CN(C)c2ccc(-c3csc(CSc4ccc(C(=O)O)cc4)n3)cc2)cc1. The number of thiazole rings is 1. The highest BCUT2D eigenvalue weighted by atomic mass is 32.2. The summed E-state index contributed by atoms with van der Waals surface area (Å²) >= 11 is 3.32. The average Bonchev–Trinajstić information content (AvgIpc) is 3.42. The molecule has 0 aliphatic heterocycles. The van der Waals surface area contributed by atoms with Gasteiger partial charge in [-0.1, -0.05) is 63.1 Å². The summed E-state index contributed by atoms with van der Waals surface area (Å²) in [7, 11) is 2.14.